The Balaban J connectivity index is 1.35. The van der Waals surface area contributed by atoms with Crippen molar-refractivity contribution in [3.05, 3.63) is 84.1 Å². The Labute approximate surface area is 147 Å². The van der Waals surface area contributed by atoms with Crippen LogP contribution in [0.2, 0.25) is 0 Å². The van der Waals surface area contributed by atoms with Crippen LogP contribution in [-0.2, 0) is 25.8 Å². The van der Waals surface area contributed by atoms with Crippen LogP contribution < -0.4 is 0 Å². The number of aromatic amines is 1. The lowest BCUT2D eigenvalue weighted by molar-refractivity contribution is 0.633. The van der Waals surface area contributed by atoms with E-state index >= 15 is 0 Å². The van der Waals surface area contributed by atoms with E-state index in [2.05, 4.69) is 80.5 Å². The van der Waals surface area contributed by atoms with Gasteiger partial charge in [0.15, 0.2) is 0 Å². The van der Waals surface area contributed by atoms with Gasteiger partial charge in [0, 0.05) is 30.1 Å². The Bertz CT molecular complexity index is 937. The number of fused-ring (bicyclic) bond motifs is 1. The molecule has 0 saturated carbocycles. The van der Waals surface area contributed by atoms with E-state index in [1.54, 1.807) is 0 Å². The molecule has 0 spiro atoms. The molecule has 126 valence electrons. The van der Waals surface area contributed by atoms with E-state index < -0.39 is 0 Å². The predicted molar refractivity (Wildman–Crippen MR) is 100 cm³/mol. The van der Waals surface area contributed by atoms with Gasteiger partial charge in [0.2, 0.25) is 0 Å². The summed E-state index contributed by atoms with van der Waals surface area (Å²) >= 11 is 0. The minimum atomic E-state index is 0.930. The van der Waals surface area contributed by atoms with Crippen LogP contribution in [0.15, 0.2) is 67.1 Å². The summed E-state index contributed by atoms with van der Waals surface area (Å²) in [6.07, 6.45) is 8.07. The largest absolute Gasteiger partial charge is 0.361 e. The lowest BCUT2D eigenvalue weighted by Crippen LogP contribution is -2.06. The minimum absolute atomic E-state index is 0.930. The number of benzene rings is 2. The molecule has 4 aromatic rings. The van der Waals surface area contributed by atoms with Crippen molar-refractivity contribution in [3.63, 3.8) is 0 Å². The minimum Gasteiger partial charge on any atom is -0.361 e. The number of para-hydroxylation sites is 1. The van der Waals surface area contributed by atoms with Gasteiger partial charge in [0.05, 0.1) is 0 Å². The average molecular weight is 330 g/mol. The molecular formula is C21H22N4. The zero-order valence-corrected chi connectivity index (χ0v) is 14.2. The highest BCUT2D eigenvalue weighted by Gasteiger charge is 2.07. The second-order valence-electron chi connectivity index (χ2n) is 6.39. The zero-order chi connectivity index (χ0) is 16.9. The van der Waals surface area contributed by atoms with Gasteiger partial charge in [-0.15, -0.1) is 10.2 Å². The number of aromatic nitrogens is 4. The van der Waals surface area contributed by atoms with Crippen LogP contribution in [0.3, 0.4) is 0 Å². The van der Waals surface area contributed by atoms with Crippen LogP contribution in [0.1, 0.15) is 23.4 Å². The van der Waals surface area contributed by atoms with Gasteiger partial charge in [-0.2, -0.15) is 0 Å². The Morgan fingerprint density at radius 1 is 0.880 bits per heavy atom. The van der Waals surface area contributed by atoms with Gasteiger partial charge >= 0.3 is 0 Å². The fourth-order valence-corrected chi connectivity index (χ4v) is 3.33. The topological polar surface area (TPSA) is 46.5 Å². The molecule has 0 aliphatic carbocycles. The molecule has 0 atom stereocenters. The van der Waals surface area contributed by atoms with Gasteiger partial charge in [0.25, 0.3) is 0 Å². The number of rotatable bonds is 7. The molecule has 4 nitrogen and oxygen atoms in total. The third-order valence-electron chi connectivity index (χ3n) is 4.70. The van der Waals surface area contributed by atoms with Crippen LogP contribution >= 0.6 is 0 Å². The quantitative estimate of drug-likeness (QED) is 0.552. The number of hydrogen-bond acceptors (Lipinski definition) is 2. The normalized spacial score (nSPS) is 11.2. The van der Waals surface area contributed by atoms with Crippen LogP contribution in [0.25, 0.3) is 10.9 Å². The fraction of sp³-hybridized carbons (Fsp3) is 0.238. The molecule has 0 fully saturated rings. The molecular weight excluding hydrogens is 308 g/mol. The van der Waals surface area contributed by atoms with E-state index in [0.717, 1.165) is 38.1 Å². The van der Waals surface area contributed by atoms with Crippen molar-refractivity contribution in [2.45, 2.75) is 32.2 Å². The Hall–Kier alpha value is -2.88. The number of hydrogen-bond donors (Lipinski definition) is 1. The summed E-state index contributed by atoms with van der Waals surface area (Å²) in [5, 5.41) is 9.75. The third kappa shape index (κ3) is 3.63. The first kappa shape index (κ1) is 15.6. The van der Waals surface area contributed by atoms with Crippen LogP contribution in [0.4, 0.5) is 0 Å². The van der Waals surface area contributed by atoms with E-state index in [4.69, 9.17) is 0 Å². The van der Waals surface area contributed by atoms with E-state index in [9.17, 15) is 0 Å². The first-order valence-electron chi connectivity index (χ1n) is 8.86. The van der Waals surface area contributed by atoms with Crippen LogP contribution in [0.5, 0.6) is 0 Å². The maximum absolute atomic E-state index is 4.31. The maximum Gasteiger partial charge on any atom is 0.132 e. The molecule has 2 aromatic carbocycles. The molecule has 0 bridgehead atoms. The molecule has 4 rings (SSSR count). The van der Waals surface area contributed by atoms with Gasteiger partial charge in [-0.05, 0) is 36.5 Å². The second-order valence-corrected chi connectivity index (χ2v) is 6.39. The highest BCUT2D eigenvalue weighted by Crippen LogP contribution is 2.19. The molecule has 0 aliphatic rings. The van der Waals surface area contributed by atoms with Crippen molar-refractivity contribution in [1.29, 1.82) is 0 Å². The summed E-state index contributed by atoms with van der Waals surface area (Å²) in [7, 11) is 0. The molecule has 0 radical (unpaired) electrons. The van der Waals surface area contributed by atoms with Gasteiger partial charge < -0.3 is 9.55 Å². The molecule has 2 aromatic heterocycles. The highest BCUT2D eigenvalue weighted by molar-refractivity contribution is 5.82. The molecule has 0 unspecified atom stereocenters. The van der Waals surface area contributed by atoms with Crippen molar-refractivity contribution in [2.24, 2.45) is 0 Å². The van der Waals surface area contributed by atoms with Gasteiger partial charge in [-0.25, -0.2) is 0 Å². The highest BCUT2D eigenvalue weighted by atomic mass is 15.3. The van der Waals surface area contributed by atoms with Crippen LogP contribution in [-0.4, -0.2) is 19.7 Å². The van der Waals surface area contributed by atoms with Crippen molar-refractivity contribution >= 4 is 10.9 Å². The van der Waals surface area contributed by atoms with Crippen molar-refractivity contribution < 1.29 is 0 Å². The smallest absolute Gasteiger partial charge is 0.132 e. The molecule has 0 aliphatic heterocycles. The molecule has 25 heavy (non-hydrogen) atoms. The average Bonchev–Trinajstić information content (AvgIpc) is 3.28. The summed E-state index contributed by atoms with van der Waals surface area (Å²) in [6, 6.07) is 19.0. The van der Waals surface area contributed by atoms with Crippen LogP contribution in [0, 0.1) is 0 Å². The molecule has 0 saturated heterocycles. The molecule has 4 heteroatoms. The summed E-state index contributed by atoms with van der Waals surface area (Å²) < 4.78 is 2.18. The number of aryl methyl sites for hydroxylation is 4. The molecule has 1 N–H and O–H groups in total. The summed E-state index contributed by atoms with van der Waals surface area (Å²) in [6.45, 7) is 0.930. The van der Waals surface area contributed by atoms with E-state index in [-0.39, 0.29) is 0 Å². The predicted octanol–water partition coefficient (Wildman–Crippen LogP) is 4.18. The monoisotopic (exact) mass is 330 g/mol. The van der Waals surface area contributed by atoms with Crippen molar-refractivity contribution in [2.75, 3.05) is 0 Å². The second kappa shape index (κ2) is 7.34. The number of nitrogens with zero attached hydrogens (tertiary/aromatic N) is 3. The van der Waals surface area contributed by atoms with Gasteiger partial charge in [-0.3, -0.25) is 0 Å². The van der Waals surface area contributed by atoms with Crippen molar-refractivity contribution in [3.8, 4) is 0 Å². The SMILES string of the molecule is c1ccc(CCn2cnnc2CCCc2c[nH]c3ccccc23)cc1. The fourth-order valence-electron chi connectivity index (χ4n) is 3.33. The van der Waals surface area contributed by atoms with Gasteiger partial charge in [-0.1, -0.05) is 48.5 Å². The van der Waals surface area contributed by atoms with Crippen molar-refractivity contribution in [1.82, 2.24) is 19.7 Å². The third-order valence-corrected chi connectivity index (χ3v) is 4.70. The van der Waals surface area contributed by atoms with E-state index in [0.29, 0.717) is 0 Å². The Kier molecular flexibility index (Phi) is 4.59. The molecule has 2 heterocycles. The zero-order valence-electron chi connectivity index (χ0n) is 14.2. The number of H-pyrrole nitrogens is 1. The summed E-state index contributed by atoms with van der Waals surface area (Å²) in [5.74, 6) is 1.08. The lowest BCUT2D eigenvalue weighted by Gasteiger charge is -2.07. The summed E-state index contributed by atoms with van der Waals surface area (Å²) in [5.41, 5.74) is 3.94. The lowest BCUT2D eigenvalue weighted by atomic mass is 10.1. The maximum atomic E-state index is 4.31. The number of nitrogens with one attached hydrogen (secondary N) is 1. The standard InChI is InChI=1S/C21H22N4/c1-2-7-17(8-3-1)13-14-25-16-23-24-21(25)12-6-9-18-15-22-20-11-5-4-10-19(18)20/h1-5,7-8,10-11,15-16,22H,6,9,12-14H2. The van der Waals surface area contributed by atoms with E-state index in [1.807, 2.05) is 6.33 Å². The Morgan fingerprint density at radius 3 is 2.64 bits per heavy atom. The molecule has 0 amide bonds. The first-order chi connectivity index (χ1) is 12.4. The first-order valence-corrected chi connectivity index (χ1v) is 8.86. The van der Waals surface area contributed by atoms with E-state index in [1.165, 1.54) is 22.0 Å². The van der Waals surface area contributed by atoms with Gasteiger partial charge in [0.1, 0.15) is 12.2 Å². The summed E-state index contributed by atoms with van der Waals surface area (Å²) in [4.78, 5) is 3.35. The Morgan fingerprint density at radius 2 is 1.72 bits per heavy atom.